The van der Waals surface area contributed by atoms with Crippen molar-refractivity contribution in [1.29, 1.82) is 0 Å². The molecule has 6 N–H and O–H groups in total. The summed E-state index contributed by atoms with van der Waals surface area (Å²) in [7, 11) is 0. The van der Waals surface area contributed by atoms with Crippen molar-refractivity contribution in [3.63, 3.8) is 0 Å². The zero-order valence-corrected chi connectivity index (χ0v) is 27.4. The molecule has 2 fully saturated rings. The number of amides is 1. The maximum absolute atomic E-state index is 12.9. The summed E-state index contributed by atoms with van der Waals surface area (Å²) in [5.74, 6) is -0.0500. The van der Waals surface area contributed by atoms with E-state index in [9.17, 15) is 33.3 Å². The molecule has 1 saturated heterocycles. The second-order valence-corrected chi connectivity index (χ2v) is 12.7. The number of benzene rings is 1. The number of piperidine rings is 1. The van der Waals surface area contributed by atoms with E-state index in [1.165, 1.54) is 18.2 Å². The highest BCUT2D eigenvalue weighted by Crippen LogP contribution is 2.36. The topological polar surface area (TPSA) is 155 Å². The van der Waals surface area contributed by atoms with Crippen molar-refractivity contribution in [2.45, 2.75) is 88.7 Å². The number of likely N-dealkylation sites (tertiary alicyclic amines) is 1. The first-order valence-corrected chi connectivity index (χ1v) is 16.9. The van der Waals surface area contributed by atoms with E-state index in [1.54, 1.807) is 6.08 Å². The van der Waals surface area contributed by atoms with Gasteiger partial charge < -0.3 is 30.3 Å². The van der Waals surface area contributed by atoms with E-state index in [1.807, 2.05) is 12.2 Å². The molecule has 0 bridgehead atoms. The van der Waals surface area contributed by atoms with E-state index in [-0.39, 0.29) is 42.6 Å². The lowest BCUT2D eigenvalue weighted by Gasteiger charge is -2.32. The minimum Gasteiger partial charge on any atom is -0.491 e. The van der Waals surface area contributed by atoms with Crippen molar-refractivity contribution in [3.8, 4) is 5.75 Å². The Kier molecular flexibility index (Phi) is 17.3. The van der Waals surface area contributed by atoms with Crippen LogP contribution in [-0.2, 0) is 15.8 Å². The quantitative estimate of drug-likeness (QED) is 0.0657. The van der Waals surface area contributed by atoms with Crippen LogP contribution in [0.5, 0.6) is 5.75 Å². The molecule has 14 heteroatoms. The number of allylic oxidation sites excluding steroid dienone is 2. The Labute approximate surface area is 280 Å². The summed E-state index contributed by atoms with van der Waals surface area (Å²) in [6.07, 6.45) is 7.23. The standard InChI is InChI=1S/C34H52F3N3O8/c35-34(36,37)26-9-5-10-28(22-26)47-24-27(41)13-14-30-29(31(42)23-32(30)43)11-3-1-2-4-12-33(44)38-17-7-18-39-19-15-25(16-20-39)8-6-21-48-40(45)46/h1,3,5,9-10,13-14,22,25,27,29-32,41-43,45-46H,2,4,6-8,11-12,15-21,23-24H2,(H,38,44)/b3-1-,14-13+/t27-,29-,30-,31+,32-/m1/s1. The van der Waals surface area contributed by atoms with Gasteiger partial charge >= 0.3 is 6.18 Å². The third-order valence-electron chi connectivity index (χ3n) is 9.05. The molecule has 0 aromatic heterocycles. The summed E-state index contributed by atoms with van der Waals surface area (Å²) in [6, 6.07) is 4.41. The lowest BCUT2D eigenvalue weighted by atomic mass is 9.89. The fraction of sp³-hybridized carbons (Fsp3) is 0.676. The number of rotatable bonds is 20. The Morgan fingerprint density at radius 2 is 1.88 bits per heavy atom. The summed E-state index contributed by atoms with van der Waals surface area (Å²) in [5, 5.41) is 51.1. The van der Waals surface area contributed by atoms with Gasteiger partial charge in [-0.3, -0.25) is 20.0 Å². The van der Waals surface area contributed by atoms with Crippen LogP contribution in [0.25, 0.3) is 0 Å². The maximum Gasteiger partial charge on any atom is 0.416 e. The number of aliphatic hydroxyl groups is 3. The zero-order chi connectivity index (χ0) is 34.9. The molecule has 5 atom stereocenters. The molecule has 0 unspecified atom stereocenters. The third-order valence-corrected chi connectivity index (χ3v) is 9.05. The van der Waals surface area contributed by atoms with E-state index in [0.29, 0.717) is 38.1 Å². The van der Waals surface area contributed by atoms with Gasteiger partial charge in [-0.05, 0) is 101 Å². The van der Waals surface area contributed by atoms with Gasteiger partial charge in [-0.2, -0.15) is 13.2 Å². The van der Waals surface area contributed by atoms with Gasteiger partial charge in [0.2, 0.25) is 5.91 Å². The summed E-state index contributed by atoms with van der Waals surface area (Å²) >= 11 is 0. The Morgan fingerprint density at radius 3 is 2.60 bits per heavy atom. The minimum atomic E-state index is -4.50. The van der Waals surface area contributed by atoms with E-state index in [0.717, 1.165) is 63.9 Å². The summed E-state index contributed by atoms with van der Waals surface area (Å²) in [5.41, 5.74) is -0.843. The smallest absolute Gasteiger partial charge is 0.416 e. The predicted octanol–water partition coefficient (Wildman–Crippen LogP) is 4.49. The van der Waals surface area contributed by atoms with Crippen molar-refractivity contribution >= 4 is 5.91 Å². The summed E-state index contributed by atoms with van der Waals surface area (Å²) in [6.45, 7) is 3.63. The number of nitrogens with one attached hydrogen (secondary N) is 1. The molecular weight excluding hydrogens is 635 g/mol. The van der Waals surface area contributed by atoms with Crippen LogP contribution in [0.3, 0.4) is 0 Å². The van der Waals surface area contributed by atoms with Crippen LogP contribution in [0.4, 0.5) is 13.2 Å². The summed E-state index contributed by atoms with van der Waals surface area (Å²) < 4.78 is 44.0. The Hall–Kier alpha value is -2.56. The Morgan fingerprint density at radius 1 is 1.10 bits per heavy atom. The molecule has 3 rings (SSSR count). The first kappa shape index (κ1) is 39.9. The van der Waals surface area contributed by atoms with Crippen LogP contribution in [-0.4, -0.2) is 99.6 Å². The third kappa shape index (κ3) is 14.9. The van der Waals surface area contributed by atoms with Crippen molar-refractivity contribution in [2.75, 3.05) is 39.4 Å². The lowest BCUT2D eigenvalue weighted by molar-refractivity contribution is -0.492. The van der Waals surface area contributed by atoms with Crippen LogP contribution >= 0.6 is 0 Å². The Balaban J connectivity index is 1.26. The number of unbranched alkanes of at least 4 members (excludes halogenated alkanes) is 1. The molecule has 1 saturated carbocycles. The molecule has 272 valence electrons. The molecule has 1 aliphatic heterocycles. The van der Waals surface area contributed by atoms with Crippen molar-refractivity contribution < 1.29 is 53.3 Å². The minimum absolute atomic E-state index is 0.0149. The molecule has 1 aliphatic carbocycles. The fourth-order valence-corrected chi connectivity index (χ4v) is 6.35. The molecule has 1 aromatic rings. The first-order chi connectivity index (χ1) is 22.9. The van der Waals surface area contributed by atoms with Crippen LogP contribution in [0, 0.1) is 17.8 Å². The number of carbonyl (C=O) groups excluding carboxylic acids is 1. The van der Waals surface area contributed by atoms with Gasteiger partial charge in [-0.25, -0.2) is 0 Å². The first-order valence-electron chi connectivity index (χ1n) is 16.9. The molecule has 1 aromatic carbocycles. The maximum atomic E-state index is 12.9. The van der Waals surface area contributed by atoms with Crippen LogP contribution in [0.1, 0.15) is 69.8 Å². The fourth-order valence-electron chi connectivity index (χ4n) is 6.35. The van der Waals surface area contributed by atoms with Gasteiger partial charge in [0.25, 0.3) is 0 Å². The van der Waals surface area contributed by atoms with Crippen LogP contribution < -0.4 is 10.1 Å². The van der Waals surface area contributed by atoms with Crippen LogP contribution in [0.15, 0.2) is 48.6 Å². The van der Waals surface area contributed by atoms with E-state index in [2.05, 4.69) is 15.1 Å². The van der Waals surface area contributed by atoms with Gasteiger partial charge in [0, 0.05) is 25.3 Å². The average molecular weight is 688 g/mol. The SMILES string of the molecule is O=C(CCC/C=C\C[C@@H]1[C@@H](/C=C/[C@@H](O)COc2cccc(C(F)(F)F)c2)[C@H](O)C[C@@H]1O)NCCCN1CCC(CCCON(O)O)CC1. The number of aliphatic hydroxyl groups excluding tert-OH is 3. The largest absolute Gasteiger partial charge is 0.491 e. The molecule has 2 aliphatic rings. The number of carbonyl (C=O) groups is 1. The van der Waals surface area contributed by atoms with Gasteiger partial charge in [-0.1, -0.05) is 30.4 Å². The lowest BCUT2D eigenvalue weighted by Crippen LogP contribution is -2.36. The molecule has 48 heavy (non-hydrogen) atoms. The molecule has 0 spiro atoms. The molecule has 1 amide bonds. The molecule has 1 heterocycles. The predicted molar refractivity (Wildman–Crippen MR) is 171 cm³/mol. The molecule has 11 nitrogen and oxygen atoms in total. The monoisotopic (exact) mass is 687 g/mol. The normalized spacial score (nSPS) is 23.4. The number of nitrogens with zero attached hydrogens (tertiary/aromatic N) is 2. The molecule has 0 radical (unpaired) electrons. The number of halogens is 3. The van der Waals surface area contributed by atoms with Gasteiger partial charge in [0.15, 0.2) is 0 Å². The number of ether oxygens (including phenoxy) is 1. The number of hydrogen-bond donors (Lipinski definition) is 6. The highest BCUT2D eigenvalue weighted by molar-refractivity contribution is 5.75. The average Bonchev–Trinajstić information content (AvgIpc) is 3.32. The highest BCUT2D eigenvalue weighted by Gasteiger charge is 2.39. The van der Waals surface area contributed by atoms with Crippen molar-refractivity contribution in [1.82, 2.24) is 15.6 Å². The molecular formula is C34H52F3N3O8. The van der Waals surface area contributed by atoms with Gasteiger partial charge in [0.1, 0.15) is 18.5 Å². The number of alkyl halides is 3. The Bertz CT molecular complexity index is 1130. The second kappa shape index (κ2) is 20.8. The van der Waals surface area contributed by atoms with E-state index in [4.69, 9.17) is 15.2 Å². The van der Waals surface area contributed by atoms with Crippen molar-refractivity contribution in [3.05, 3.63) is 54.1 Å². The van der Waals surface area contributed by atoms with Crippen LogP contribution in [0.2, 0.25) is 0 Å². The zero-order valence-electron chi connectivity index (χ0n) is 27.4. The summed E-state index contributed by atoms with van der Waals surface area (Å²) in [4.78, 5) is 19.2. The van der Waals surface area contributed by atoms with E-state index < -0.39 is 36.0 Å². The van der Waals surface area contributed by atoms with Gasteiger partial charge in [-0.15, -0.1) is 0 Å². The number of hydrogen-bond acceptors (Lipinski definition) is 10. The second-order valence-electron chi connectivity index (χ2n) is 12.7. The van der Waals surface area contributed by atoms with Gasteiger partial charge in [0.05, 0.1) is 29.8 Å². The van der Waals surface area contributed by atoms with Crippen molar-refractivity contribution in [2.24, 2.45) is 17.8 Å². The van der Waals surface area contributed by atoms with E-state index >= 15 is 0 Å². The highest BCUT2D eigenvalue weighted by atomic mass is 19.4.